The Morgan fingerprint density at radius 1 is 0.938 bits per heavy atom. The van der Waals surface area contributed by atoms with Gasteiger partial charge in [0.25, 0.3) is 0 Å². The Morgan fingerprint density at radius 3 is 1.81 bits per heavy atom. The molecule has 0 aromatic heterocycles. The van der Waals surface area contributed by atoms with Gasteiger partial charge in [0.1, 0.15) is 0 Å². The van der Waals surface area contributed by atoms with Crippen LogP contribution in [0, 0.1) is 0 Å². The van der Waals surface area contributed by atoms with Crippen molar-refractivity contribution < 1.29 is 26.9 Å². The number of hydrogen-bond acceptors (Lipinski definition) is 3. The number of aliphatic hydroxyl groups is 1. The summed E-state index contributed by atoms with van der Waals surface area (Å²) in [4.78, 5) is 0. The molecule has 0 unspecified atom stereocenters. The zero-order valence-corrected chi connectivity index (χ0v) is 9.85. The SMILES string of the molecule is O=S(=O)(O)C(F)(F)CCCCCCCCO. The van der Waals surface area contributed by atoms with Gasteiger partial charge in [-0.1, -0.05) is 25.7 Å². The van der Waals surface area contributed by atoms with Crippen LogP contribution in [0.3, 0.4) is 0 Å². The van der Waals surface area contributed by atoms with E-state index >= 15 is 0 Å². The highest BCUT2D eigenvalue weighted by molar-refractivity contribution is 7.86. The van der Waals surface area contributed by atoms with E-state index in [-0.39, 0.29) is 13.0 Å². The molecular formula is C9H18F2O4S. The zero-order valence-electron chi connectivity index (χ0n) is 9.03. The molecule has 7 heteroatoms. The van der Waals surface area contributed by atoms with Crippen molar-refractivity contribution in [1.82, 2.24) is 0 Å². The predicted octanol–water partition coefficient (Wildman–Crippen LogP) is 2.19. The van der Waals surface area contributed by atoms with Crippen molar-refractivity contribution in [2.24, 2.45) is 0 Å². The molecule has 0 aliphatic rings. The lowest BCUT2D eigenvalue weighted by Gasteiger charge is -2.11. The summed E-state index contributed by atoms with van der Waals surface area (Å²) in [6.45, 7) is 0.126. The average Bonchev–Trinajstić information content (AvgIpc) is 2.14. The van der Waals surface area contributed by atoms with Crippen LogP contribution in [-0.2, 0) is 10.1 Å². The van der Waals surface area contributed by atoms with Gasteiger partial charge in [0.05, 0.1) is 0 Å². The van der Waals surface area contributed by atoms with Crippen LogP contribution in [0.25, 0.3) is 0 Å². The molecule has 0 saturated carbocycles. The Morgan fingerprint density at radius 2 is 1.38 bits per heavy atom. The van der Waals surface area contributed by atoms with Crippen molar-refractivity contribution in [1.29, 1.82) is 0 Å². The second-order valence-electron chi connectivity index (χ2n) is 3.71. The van der Waals surface area contributed by atoms with Gasteiger partial charge in [-0.2, -0.15) is 17.2 Å². The van der Waals surface area contributed by atoms with E-state index in [4.69, 9.17) is 9.66 Å². The number of aliphatic hydroxyl groups excluding tert-OH is 1. The van der Waals surface area contributed by atoms with Crippen LogP contribution in [-0.4, -0.2) is 29.9 Å². The minimum Gasteiger partial charge on any atom is -0.396 e. The Bertz CT molecular complexity index is 277. The molecule has 0 aromatic rings. The fourth-order valence-electron chi connectivity index (χ4n) is 1.28. The van der Waals surface area contributed by atoms with E-state index in [0.29, 0.717) is 12.8 Å². The third-order valence-electron chi connectivity index (χ3n) is 2.25. The van der Waals surface area contributed by atoms with Crippen molar-refractivity contribution in [3.05, 3.63) is 0 Å². The molecule has 0 rings (SSSR count). The maximum Gasteiger partial charge on any atom is 0.370 e. The summed E-state index contributed by atoms with van der Waals surface area (Å²) >= 11 is 0. The molecule has 0 spiro atoms. The topological polar surface area (TPSA) is 74.6 Å². The number of hydrogen-bond donors (Lipinski definition) is 2. The minimum atomic E-state index is -5.27. The fourth-order valence-corrected chi connectivity index (χ4v) is 1.68. The molecule has 0 fully saturated rings. The Labute approximate surface area is 94.4 Å². The van der Waals surface area contributed by atoms with Crippen LogP contribution in [0.2, 0.25) is 0 Å². The number of alkyl halides is 2. The first-order chi connectivity index (χ1) is 7.31. The number of unbranched alkanes of at least 4 members (excludes halogenated alkanes) is 5. The van der Waals surface area contributed by atoms with Crippen LogP contribution >= 0.6 is 0 Å². The first-order valence-electron chi connectivity index (χ1n) is 5.27. The van der Waals surface area contributed by atoms with Gasteiger partial charge in [-0.25, -0.2) is 0 Å². The maximum atomic E-state index is 12.7. The van der Waals surface area contributed by atoms with Gasteiger partial charge < -0.3 is 5.11 Å². The van der Waals surface area contributed by atoms with Crippen molar-refractivity contribution in [3.63, 3.8) is 0 Å². The molecule has 0 heterocycles. The van der Waals surface area contributed by atoms with Crippen LogP contribution in [0.5, 0.6) is 0 Å². The summed E-state index contributed by atoms with van der Waals surface area (Å²) in [6.07, 6.45) is 2.81. The van der Waals surface area contributed by atoms with Gasteiger partial charge in [-0.05, 0) is 12.8 Å². The third-order valence-corrected chi connectivity index (χ3v) is 3.21. The summed E-state index contributed by atoms with van der Waals surface area (Å²) in [5.41, 5.74) is 0. The van der Waals surface area contributed by atoms with E-state index in [0.717, 1.165) is 19.3 Å². The highest BCUT2D eigenvalue weighted by atomic mass is 32.2. The van der Waals surface area contributed by atoms with E-state index in [2.05, 4.69) is 0 Å². The van der Waals surface area contributed by atoms with Crippen molar-refractivity contribution >= 4 is 10.1 Å². The fraction of sp³-hybridized carbons (Fsp3) is 1.00. The van der Waals surface area contributed by atoms with Crippen LogP contribution in [0.15, 0.2) is 0 Å². The van der Waals surface area contributed by atoms with Gasteiger partial charge in [0.2, 0.25) is 0 Å². The molecule has 0 bridgehead atoms. The highest BCUT2D eigenvalue weighted by Crippen LogP contribution is 2.27. The lowest BCUT2D eigenvalue weighted by Crippen LogP contribution is -2.27. The van der Waals surface area contributed by atoms with Crippen LogP contribution in [0.1, 0.15) is 44.9 Å². The summed E-state index contributed by atoms with van der Waals surface area (Å²) in [5.74, 6) is 0. The van der Waals surface area contributed by atoms with Crippen LogP contribution in [0.4, 0.5) is 8.78 Å². The van der Waals surface area contributed by atoms with E-state index < -0.39 is 21.8 Å². The Hall–Kier alpha value is -0.270. The van der Waals surface area contributed by atoms with Crippen molar-refractivity contribution in [3.8, 4) is 0 Å². The molecule has 16 heavy (non-hydrogen) atoms. The lowest BCUT2D eigenvalue weighted by molar-refractivity contribution is 0.0683. The average molecular weight is 260 g/mol. The highest BCUT2D eigenvalue weighted by Gasteiger charge is 2.42. The summed E-state index contributed by atoms with van der Waals surface area (Å²) < 4.78 is 54.1. The molecule has 4 nitrogen and oxygen atoms in total. The van der Waals surface area contributed by atoms with Gasteiger partial charge in [0, 0.05) is 13.0 Å². The van der Waals surface area contributed by atoms with E-state index in [1.165, 1.54) is 0 Å². The van der Waals surface area contributed by atoms with E-state index in [1.54, 1.807) is 0 Å². The quantitative estimate of drug-likeness (QED) is 0.492. The lowest BCUT2D eigenvalue weighted by atomic mass is 10.1. The summed E-state index contributed by atoms with van der Waals surface area (Å²) in [7, 11) is -5.27. The Balaban J connectivity index is 3.59. The second-order valence-corrected chi connectivity index (χ2v) is 5.25. The molecule has 0 aliphatic heterocycles. The van der Waals surface area contributed by atoms with Crippen molar-refractivity contribution in [2.75, 3.05) is 6.61 Å². The van der Waals surface area contributed by atoms with Gasteiger partial charge in [-0.15, -0.1) is 0 Å². The smallest absolute Gasteiger partial charge is 0.370 e. The molecule has 0 aliphatic carbocycles. The molecular weight excluding hydrogens is 242 g/mol. The first-order valence-corrected chi connectivity index (χ1v) is 6.71. The largest absolute Gasteiger partial charge is 0.396 e. The van der Waals surface area contributed by atoms with Gasteiger partial charge >= 0.3 is 15.4 Å². The van der Waals surface area contributed by atoms with Crippen LogP contribution < -0.4 is 0 Å². The zero-order chi connectivity index (χ0) is 12.7. The predicted molar refractivity (Wildman–Crippen MR) is 55.9 cm³/mol. The van der Waals surface area contributed by atoms with E-state index in [1.807, 2.05) is 0 Å². The monoisotopic (exact) mass is 260 g/mol. The van der Waals surface area contributed by atoms with Gasteiger partial charge in [-0.3, -0.25) is 4.55 Å². The van der Waals surface area contributed by atoms with E-state index in [9.17, 15) is 17.2 Å². The molecule has 0 saturated heterocycles. The molecule has 98 valence electrons. The third kappa shape index (κ3) is 6.34. The number of rotatable bonds is 9. The maximum absolute atomic E-state index is 12.7. The normalized spacial score (nSPS) is 13.0. The molecule has 2 N–H and O–H groups in total. The van der Waals surface area contributed by atoms with Crippen molar-refractivity contribution in [2.45, 2.75) is 50.2 Å². The molecule has 0 atom stereocenters. The standard InChI is InChI=1S/C9H18F2O4S/c10-9(11,16(13,14)15)7-5-3-1-2-4-6-8-12/h12H,1-8H2,(H,13,14,15). The minimum absolute atomic E-state index is 0.0614. The summed E-state index contributed by atoms with van der Waals surface area (Å²) in [6, 6.07) is 0. The summed E-state index contributed by atoms with van der Waals surface area (Å²) in [5, 5.41) is 4.44. The van der Waals surface area contributed by atoms with Gasteiger partial charge in [0.15, 0.2) is 0 Å². The molecule has 0 radical (unpaired) electrons. The molecule has 0 aromatic carbocycles. The first kappa shape index (κ1) is 15.7. The molecule has 0 amide bonds. The Kier molecular flexibility index (Phi) is 7.01. The second kappa shape index (κ2) is 7.13. The number of halogens is 2.